The van der Waals surface area contributed by atoms with Crippen molar-refractivity contribution in [2.75, 3.05) is 0 Å². The summed E-state index contributed by atoms with van der Waals surface area (Å²) in [6, 6.07) is 6.82. The number of carbonyl (C=O) groups is 1. The zero-order valence-electron chi connectivity index (χ0n) is 10.2. The van der Waals surface area contributed by atoms with E-state index in [2.05, 4.69) is 15.2 Å². The Morgan fingerprint density at radius 2 is 2.17 bits per heavy atom. The van der Waals surface area contributed by atoms with Crippen molar-refractivity contribution < 1.29 is 9.53 Å². The zero-order chi connectivity index (χ0) is 13.1. The van der Waals surface area contributed by atoms with Crippen molar-refractivity contribution in [1.29, 1.82) is 0 Å². The summed E-state index contributed by atoms with van der Waals surface area (Å²) < 4.78 is 5.66. The first-order valence-electron chi connectivity index (χ1n) is 5.52. The molecule has 0 radical (unpaired) electrons. The van der Waals surface area contributed by atoms with Crippen LogP contribution in [0.5, 0.6) is 5.75 Å². The van der Waals surface area contributed by atoms with E-state index < -0.39 is 5.91 Å². The fourth-order valence-electron chi connectivity index (χ4n) is 1.56. The number of nitrogens with two attached hydrogens (primary N) is 1. The number of para-hydroxylation sites is 1. The van der Waals surface area contributed by atoms with Gasteiger partial charge in [-0.25, -0.2) is 4.98 Å². The fraction of sp³-hybridized carbons (Fsp3) is 0.250. The molecule has 1 amide bonds. The molecule has 1 unspecified atom stereocenters. The normalized spacial score (nSPS) is 12.1. The number of carbonyl (C=O) groups excluding carboxylic acids is 1. The standard InChI is InChI=1S/C12H14N4O2/c1-7(12-14-8(2)15-16-12)18-10-6-4-3-5-9(10)11(13)17/h3-7H,1-2H3,(H2,13,17)(H,14,15,16). The number of H-pyrrole nitrogens is 1. The van der Waals surface area contributed by atoms with Crippen LogP contribution in [0.25, 0.3) is 0 Å². The molecule has 0 aliphatic carbocycles. The third-order valence-electron chi connectivity index (χ3n) is 2.43. The van der Waals surface area contributed by atoms with Crippen molar-refractivity contribution in [3.05, 3.63) is 41.5 Å². The van der Waals surface area contributed by atoms with Gasteiger partial charge in [-0.15, -0.1) is 0 Å². The van der Waals surface area contributed by atoms with Gasteiger partial charge in [0.25, 0.3) is 5.91 Å². The number of primary amides is 1. The van der Waals surface area contributed by atoms with Gasteiger partial charge in [-0.1, -0.05) is 12.1 Å². The number of nitrogens with zero attached hydrogens (tertiary/aromatic N) is 2. The molecule has 2 rings (SSSR count). The van der Waals surface area contributed by atoms with Crippen LogP contribution in [0.4, 0.5) is 0 Å². The second kappa shape index (κ2) is 4.87. The average molecular weight is 246 g/mol. The smallest absolute Gasteiger partial charge is 0.252 e. The molecule has 1 aromatic heterocycles. The molecule has 0 aliphatic heterocycles. The van der Waals surface area contributed by atoms with Crippen molar-refractivity contribution in [3.8, 4) is 5.75 Å². The van der Waals surface area contributed by atoms with E-state index in [1.807, 2.05) is 0 Å². The fourth-order valence-corrected chi connectivity index (χ4v) is 1.56. The van der Waals surface area contributed by atoms with Gasteiger partial charge in [-0.3, -0.25) is 9.89 Å². The number of hydrogen-bond acceptors (Lipinski definition) is 4. The largest absolute Gasteiger partial charge is 0.482 e. The van der Waals surface area contributed by atoms with E-state index in [9.17, 15) is 4.79 Å². The predicted molar refractivity (Wildman–Crippen MR) is 65.1 cm³/mol. The number of aryl methyl sites for hydroxylation is 1. The molecule has 1 heterocycles. The van der Waals surface area contributed by atoms with Crippen LogP contribution in [-0.4, -0.2) is 21.1 Å². The summed E-state index contributed by atoms with van der Waals surface area (Å²) in [5.74, 6) is 1.15. The van der Waals surface area contributed by atoms with Crippen LogP contribution in [0.3, 0.4) is 0 Å². The van der Waals surface area contributed by atoms with E-state index >= 15 is 0 Å². The van der Waals surface area contributed by atoms with E-state index in [4.69, 9.17) is 10.5 Å². The minimum Gasteiger partial charge on any atom is -0.482 e. The summed E-state index contributed by atoms with van der Waals surface area (Å²) in [4.78, 5) is 15.4. The summed E-state index contributed by atoms with van der Waals surface area (Å²) in [6.07, 6.45) is -0.365. The van der Waals surface area contributed by atoms with Crippen LogP contribution in [0, 0.1) is 6.92 Å². The number of hydrogen-bond donors (Lipinski definition) is 2. The van der Waals surface area contributed by atoms with Gasteiger partial charge in [-0.2, -0.15) is 5.10 Å². The molecule has 94 valence electrons. The van der Waals surface area contributed by atoms with Gasteiger partial charge in [0.05, 0.1) is 5.56 Å². The van der Waals surface area contributed by atoms with Crippen molar-refractivity contribution in [2.24, 2.45) is 5.73 Å². The highest BCUT2D eigenvalue weighted by Crippen LogP contribution is 2.23. The SMILES string of the molecule is Cc1nc(C(C)Oc2ccccc2C(N)=O)n[nH]1. The van der Waals surface area contributed by atoms with Gasteiger partial charge in [0, 0.05) is 0 Å². The molecule has 0 saturated carbocycles. The molecular formula is C12H14N4O2. The minimum absolute atomic E-state index is 0.344. The number of rotatable bonds is 4. The highest BCUT2D eigenvalue weighted by molar-refractivity contribution is 5.95. The average Bonchev–Trinajstić information content (AvgIpc) is 2.76. The lowest BCUT2D eigenvalue weighted by Crippen LogP contribution is -2.14. The first-order valence-corrected chi connectivity index (χ1v) is 5.52. The van der Waals surface area contributed by atoms with E-state index in [0.29, 0.717) is 23.0 Å². The number of aromatic nitrogens is 3. The maximum absolute atomic E-state index is 11.2. The molecule has 1 aromatic carbocycles. The monoisotopic (exact) mass is 246 g/mol. The molecule has 2 aromatic rings. The van der Waals surface area contributed by atoms with Crippen molar-refractivity contribution in [3.63, 3.8) is 0 Å². The number of aromatic amines is 1. The zero-order valence-corrected chi connectivity index (χ0v) is 10.2. The quantitative estimate of drug-likeness (QED) is 0.851. The number of amides is 1. The molecule has 6 heteroatoms. The van der Waals surface area contributed by atoms with E-state index in [0.717, 1.165) is 0 Å². The predicted octanol–water partition coefficient (Wildman–Crippen LogP) is 1.35. The Kier molecular flexibility index (Phi) is 3.27. The third kappa shape index (κ3) is 2.48. The van der Waals surface area contributed by atoms with Gasteiger partial charge >= 0.3 is 0 Å². The van der Waals surface area contributed by atoms with Gasteiger partial charge < -0.3 is 10.5 Å². The van der Waals surface area contributed by atoms with Crippen molar-refractivity contribution in [1.82, 2.24) is 15.2 Å². The lowest BCUT2D eigenvalue weighted by Gasteiger charge is -2.13. The summed E-state index contributed by atoms with van der Waals surface area (Å²) >= 11 is 0. The Labute approximate surface area is 104 Å². The lowest BCUT2D eigenvalue weighted by molar-refractivity contribution is 0.0993. The van der Waals surface area contributed by atoms with E-state index in [1.165, 1.54) is 0 Å². The van der Waals surface area contributed by atoms with Crippen LogP contribution < -0.4 is 10.5 Å². The maximum Gasteiger partial charge on any atom is 0.252 e. The molecule has 0 fully saturated rings. The Bertz CT molecular complexity index is 565. The summed E-state index contributed by atoms with van der Waals surface area (Å²) in [7, 11) is 0. The first-order chi connectivity index (χ1) is 8.58. The second-order valence-electron chi connectivity index (χ2n) is 3.90. The molecule has 0 spiro atoms. The third-order valence-corrected chi connectivity index (χ3v) is 2.43. The lowest BCUT2D eigenvalue weighted by atomic mass is 10.2. The van der Waals surface area contributed by atoms with Crippen LogP contribution in [-0.2, 0) is 0 Å². The molecule has 3 N–H and O–H groups in total. The number of benzene rings is 1. The molecule has 1 atom stereocenters. The Hall–Kier alpha value is -2.37. The first kappa shape index (κ1) is 12.1. The molecule has 0 bridgehead atoms. The highest BCUT2D eigenvalue weighted by Gasteiger charge is 2.15. The molecule has 18 heavy (non-hydrogen) atoms. The topological polar surface area (TPSA) is 93.9 Å². The molecule has 6 nitrogen and oxygen atoms in total. The van der Waals surface area contributed by atoms with Gasteiger partial charge in [-0.05, 0) is 26.0 Å². The molecule has 0 aliphatic rings. The van der Waals surface area contributed by atoms with Gasteiger partial charge in [0.15, 0.2) is 11.9 Å². The van der Waals surface area contributed by atoms with E-state index in [1.54, 1.807) is 38.1 Å². The maximum atomic E-state index is 11.2. The van der Waals surface area contributed by atoms with Gasteiger partial charge in [0.2, 0.25) is 0 Å². The van der Waals surface area contributed by atoms with Crippen LogP contribution in [0.15, 0.2) is 24.3 Å². The summed E-state index contributed by atoms with van der Waals surface area (Å²) in [6.45, 7) is 3.61. The van der Waals surface area contributed by atoms with E-state index in [-0.39, 0.29) is 6.10 Å². The van der Waals surface area contributed by atoms with Crippen LogP contribution in [0.2, 0.25) is 0 Å². The Morgan fingerprint density at radius 3 is 2.78 bits per heavy atom. The minimum atomic E-state index is -0.524. The summed E-state index contributed by atoms with van der Waals surface area (Å²) in [5, 5.41) is 6.75. The molecule has 0 saturated heterocycles. The molecular weight excluding hydrogens is 232 g/mol. The Morgan fingerprint density at radius 1 is 1.44 bits per heavy atom. The van der Waals surface area contributed by atoms with Crippen molar-refractivity contribution in [2.45, 2.75) is 20.0 Å². The number of ether oxygens (including phenoxy) is 1. The van der Waals surface area contributed by atoms with Crippen molar-refractivity contribution >= 4 is 5.91 Å². The van der Waals surface area contributed by atoms with Crippen LogP contribution >= 0.6 is 0 Å². The second-order valence-corrected chi connectivity index (χ2v) is 3.90. The highest BCUT2D eigenvalue weighted by atomic mass is 16.5. The van der Waals surface area contributed by atoms with Gasteiger partial charge in [0.1, 0.15) is 11.6 Å². The Balaban J connectivity index is 2.21. The van der Waals surface area contributed by atoms with Crippen LogP contribution in [0.1, 0.15) is 35.0 Å². The summed E-state index contributed by atoms with van der Waals surface area (Å²) in [5.41, 5.74) is 5.62. The number of nitrogens with one attached hydrogen (secondary N) is 1.